The third-order valence-corrected chi connectivity index (χ3v) is 6.25. The highest BCUT2D eigenvalue weighted by Gasteiger charge is 2.35. The fraction of sp³-hybridized carbons (Fsp3) is 0.370. The van der Waals surface area contributed by atoms with Gasteiger partial charge in [0, 0.05) is 24.3 Å². The summed E-state index contributed by atoms with van der Waals surface area (Å²) in [5.41, 5.74) is 1.32. The average molecular weight is 465 g/mol. The lowest BCUT2D eigenvalue weighted by molar-refractivity contribution is -0.135. The summed E-state index contributed by atoms with van der Waals surface area (Å²) in [6.45, 7) is 1.76. The van der Waals surface area contributed by atoms with E-state index in [1.54, 1.807) is 31.2 Å². The fourth-order valence-electron chi connectivity index (χ4n) is 4.55. The normalized spacial score (nSPS) is 21.6. The first kappa shape index (κ1) is 23.5. The van der Waals surface area contributed by atoms with E-state index in [1.165, 1.54) is 12.1 Å². The lowest BCUT2D eigenvalue weighted by atomic mass is 9.83. The van der Waals surface area contributed by atoms with Crippen LogP contribution >= 0.6 is 0 Å². The number of aromatic hydroxyl groups is 2. The average Bonchev–Trinajstić information content (AvgIpc) is 2.77. The topological polar surface area (TPSA) is 110 Å². The van der Waals surface area contributed by atoms with E-state index in [-0.39, 0.29) is 35.0 Å². The third kappa shape index (κ3) is 5.14. The molecule has 0 bridgehead atoms. The summed E-state index contributed by atoms with van der Waals surface area (Å²) in [6.07, 6.45) is 6.46. The van der Waals surface area contributed by atoms with Crippen molar-refractivity contribution in [2.24, 2.45) is 0 Å². The van der Waals surface area contributed by atoms with E-state index in [0.717, 1.165) is 0 Å². The molecule has 0 amide bonds. The van der Waals surface area contributed by atoms with Gasteiger partial charge in [-0.3, -0.25) is 9.59 Å². The van der Waals surface area contributed by atoms with Crippen molar-refractivity contribution in [1.82, 2.24) is 0 Å². The van der Waals surface area contributed by atoms with Crippen molar-refractivity contribution in [3.63, 3.8) is 0 Å². The van der Waals surface area contributed by atoms with Crippen molar-refractivity contribution in [3.05, 3.63) is 58.7 Å². The van der Waals surface area contributed by atoms with Gasteiger partial charge < -0.3 is 19.7 Å². The molecule has 34 heavy (non-hydrogen) atoms. The molecule has 0 saturated carbocycles. The van der Waals surface area contributed by atoms with Crippen LogP contribution in [-0.2, 0) is 14.3 Å². The molecule has 2 N–H and O–H groups in total. The number of phenolic OH excluding ortho intramolecular Hbond substituents is 2. The maximum absolute atomic E-state index is 13.2. The number of hydrogen-bond acceptors (Lipinski definition) is 7. The van der Waals surface area contributed by atoms with Gasteiger partial charge >= 0.3 is 11.9 Å². The van der Waals surface area contributed by atoms with E-state index >= 15 is 0 Å². The zero-order chi connectivity index (χ0) is 24.2. The van der Waals surface area contributed by atoms with Crippen LogP contribution in [0.4, 0.5) is 0 Å². The molecule has 0 aliphatic carbocycles. The molecule has 7 heteroatoms. The molecule has 2 aromatic carbocycles. The second-order valence-corrected chi connectivity index (χ2v) is 8.87. The van der Waals surface area contributed by atoms with Gasteiger partial charge in [-0.05, 0) is 61.9 Å². The second kappa shape index (κ2) is 10.1. The molecular weight excluding hydrogens is 436 g/mol. The maximum atomic E-state index is 13.2. The van der Waals surface area contributed by atoms with Crippen LogP contribution in [0.1, 0.15) is 84.8 Å². The maximum Gasteiger partial charge on any atom is 0.342 e. The Morgan fingerprint density at radius 1 is 1.03 bits per heavy atom. The zero-order valence-corrected chi connectivity index (χ0v) is 19.1. The molecule has 2 heterocycles. The molecule has 0 aromatic heterocycles. The Kier molecular flexibility index (Phi) is 7.01. The minimum absolute atomic E-state index is 0.0121. The van der Waals surface area contributed by atoms with Crippen LogP contribution in [0.15, 0.2) is 36.4 Å². The molecule has 7 nitrogen and oxygen atoms in total. The van der Waals surface area contributed by atoms with E-state index in [9.17, 15) is 24.6 Å². The molecule has 2 atom stereocenters. The van der Waals surface area contributed by atoms with Gasteiger partial charge in [0.25, 0.3) is 0 Å². The Morgan fingerprint density at radius 2 is 1.82 bits per heavy atom. The highest BCUT2D eigenvalue weighted by Crippen LogP contribution is 2.47. The van der Waals surface area contributed by atoms with Crippen molar-refractivity contribution in [2.75, 3.05) is 0 Å². The van der Waals surface area contributed by atoms with E-state index < -0.39 is 24.0 Å². The number of ketones is 1. The summed E-state index contributed by atoms with van der Waals surface area (Å²) in [5, 5.41) is 21.3. The first-order valence-corrected chi connectivity index (χ1v) is 11.6. The van der Waals surface area contributed by atoms with Crippen LogP contribution in [0.2, 0.25) is 0 Å². The van der Waals surface area contributed by atoms with E-state index in [0.29, 0.717) is 55.2 Å². The minimum Gasteiger partial charge on any atom is -0.508 e. The predicted molar refractivity (Wildman–Crippen MR) is 125 cm³/mol. The van der Waals surface area contributed by atoms with Gasteiger partial charge in [-0.15, -0.1) is 0 Å². The van der Waals surface area contributed by atoms with Crippen molar-refractivity contribution >= 4 is 23.8 Å². The minimum atomic E-state index is -0.678. The molecule has 1 unspecified atom stereocenters. The Balaban J connectivity index is 1.82. The zero-order valence-electron chi connectivity index (χ0n) is 19.1. The number of hydrogen-bond donors (Lipinski definition) is 2. The molecule has 0 spiro atoms. The van der Waals surface area contributed by atoms with E-state index in [2.05, 4.69) is 0 Å². The number of rotatable bonds is 1. The number of carbonyl (C=O) groups excluding carboxylic acids is 3. The number of allylic oxidation sites excluding steroid dienone is 1. The summed E-state index contributed by atoms with van der Waals surface area (Å²) in [6, 6.07) is 8.02. The van der Waals surface area contributed by atoms with Gasteiger partial charge in [0.05, 0.1) is 12.5 Å². The summed E-state index contributed by atoms with van der Waals surface area (Å²) in [7, 11) is 0. The monoisotopic (exact) mass is 464 g/mol. The highest BCUT2D eigenvalue weighted by atomic mass is 16.5. The van der Waals surface area contributed by atoms with Crippen LogP contribution in [0.25, 0.3) is 6.08 Å². The quantitative estimate of drug-likeness (QED) is 0.450. The second-order valence-electron chi connectivity index (χ2n) is 8.87. The molecule has 4 rings (SSSR count). The molecule has 0 fully saturated rings. The van der Waals surface area contributed by atoms with Crippen LogP contribution in [-0.4, -0.2) is 34.0 Å². The van der Waals surface area contributed by atoms with Crippen LogP contribution in [0.3, 0.4) is 0 Å². The summed E-state index contributed by atoms with van der Waals surface area (Å²) < 4.78 is 11.1. The third-order valence-electron chi connectivity index (χ3n) is 6.25. The number of esters is 2. The molecule has 0 saturated heterocycles. The van der Waals surface area contributed by atoms with Crippen molar-refractivity contribution < 1.29 is 34.1 Å². The molecule has 2 aliphatic heterocycles. The van der Waals surface area contributed by atoms with Gasteiger partial charge in [-0.1, -0.05) is 24.3 Å². The SMILES string of the molecule is C[C@H]1CCCC(=O)CCCC=Cc2cc3c(c(O)c2C(=O)O1)C(c1cccc(O)c1)CC(=O)O3. The molecular formula is C27H28O7. The van der Waals surface area contributed by atoms with Crippen molar-refractivity contribution in [1.29, 1.82) is 0 Å². The van der Waals surface area contributed by atoms with Crippen LogP contribution < -0.4 is 4.74 Å². The number of benzene rings is 2. The van der Waals surface area contributed by atoms with Crippen LogP contribution in [0.5, 0.6) is 17.2 Å². The lowest BCUT2D eigenvalue weighted by Crippen LogP contribution is -2.23. The number of fused-ring (bicyclic) bond motifs is 2. The van der Waals surface area contributed by atoms with Crippen molar-refractivity contribution in [2.45, 2.75) is 63.9 Å². The molecule has 0 radical (unpaired) electrons. The smallest absolute Gasteiger partial charge is 0.342 e. The van der Waals surface area contributed by atoms with Gasteiger partial charge in [0.15, 0.2) is 0 Å². The summed E-state index contributed by atoms with van der Waals surface area (Å²) in [5.74, 6) is -1.64. The van der Waals surface area contributed by atoms with E-state index in [1.807, 2.05) is 6.08 Å². The Labute approximate surface area is 198 Å². The Hall–Kier alpha value is -3.61. The number of Topliss-reactive ketones (excluding diaryl/α,β-unsaturated/α-hetero) is 1. The van der Waals surface area contributed by atoms with Gasteiger partial charge in [0.1, 0.15) is 28.6 Å². The number of phenols is 2. The van der Waals surface area contributed by atoms with E-state index in [4.69, 9.17) is 9.47 Å². The first-order chi connectivity index (χ1) is 16.3. The fourth-order valence-corrected chi connectivity index (χ4v) is 4.55. The Morgan fingerprint density at radius 3 is 2.62 bits per heavy atom. The highest BCUT2D eigenvalue weighted by molar-refractivity contribution is 5.98. The summed E-state index contributed by atoms with van der Waals surface area (Å²) in [4.78, 5) is 37.6. The summed E-state index contributed by atoms with van der Waals surface area (Å²) >= 11 is 0. The van der Waals surface area contributed by atoms with Gasteiger partial charge in [-0.2, -0.15) is 0 Å². The van der Waals surface area contributed by atoms with Gasteiger partial charge in [-0.25, -0.2) is 4.79 Å². The number of carbonyl (C=O) groups is 3. The van der Waals surface area contributed by atoms with Crippen LogP contribution in [0, 0.1) is 0 Å². The van der Waals surface area contributed by atoms with Gasteiger partial charge in [0.2, 0.25) is 0 Å². The largest absolute Gasteiger partial charge is 0.508 e. The standard InChI is InChI=1S/C27H28O7/c1-16-7-5-11-19(28)10-4-2-3-8-18-14-22-25(26(31)24(18)27(32)33-16)21(15-23(30)34-22)17-9-6-12-20(29)13-17/h3,6,8-9,12-14,16,21,29,31H,2,4-5,7,10-11,15H2,1H3/t16-,21?/m0/s1. The molecule has 2 aliphatic rings. The number of ether oxygens (including phenoxy) is 2. The number of cyclic esters (lactones) is 1. The Bertz CT molecular complexity index is 1150. The molecule has 178 valence electrons. The van der Waals surface area contributed by atoms with Crippen molar-refractivity contribution in [3.8, 4) is 17.2 Å². The first-order valence-electron chi connectivity index (χ1n) is 11.6. The lowest BCUT2D eigenvalue weighted by Gasteiger charge is -2.27. The molecule has 2 aromatic rings. The predicted octanol–water partition coefficient (Wildman–Crippen LogP) is 5.02.